The maximum Gasteiger partial charge on any atom is 0.126 e. The molecule has 3 heteroatoms. The average Bonchev–Trinajstić information content (AvgIpc) is 2.39. The van der Waals surface area contributed by atoms with Crippen LogP contribution in [0.4, 0.5) is 4.39 Å². The Morgan fingerprint density at radius 1 is 1.16 bits per heavy atom. The summed E-state index contributed by atoms with van der Waals surface area (Å²) < 4.78 is 13.4. The number of halogens is 1. The quantitative estimate of drug-likeness (QED) is 0.907. The van der Waals surface area contributed by atoms with Crippen LogP contribution >= 0.6 is 0 Å². The monoisotopic (exact) mass is 258 g/mol. The van der Waals surface area contributed by atoms with Gasteiger partial charge in [0.25, 0.3) is 0 Å². The average molecular weight is 258 g/mol. The Kier molecular flexibility index (Phi) is 4.27. The van der Waals surface area contributed by atoms with Crippen LogP contribution in [0.5, 0.6) is 0 Å². The van der Waals surface area contributed by atoms with E-state index in [1.54, 1.807) is 6.92 Å². The minimum Gasteiger partial charge on any atom is -0.306 e. The van der Waals surface area contributed by atoms with Crippen molar-refractivity contribution in [3.63, 3.8) is 0 Å². The van der Waals surface area contributed by atoms with Crippen LogP contribution < -0.4 is 5.32 Å². The molecule has 1 unspecified atom stereocenters. The summed E-state index contributed by atoms with van der Waals surface area (Å²) in [6.07, 6.45) is 3.70. The van der Waals surface area contributed by atoms with Crippen molar-refractivity contribution in [3.8, 4) is 0 Å². The fraction of sp³-hybridized carbons (Fsp3) is 0.312. The van der Waals surface area contributed by atoms with Crippen molar-refractivity contribution < 1.29 is 4.39 Å². The Morgan fingerprint density at radius 3 is 2.58 bits per heavy atom. The Labute approximate surface area is 113 Å². The third-order valence-corrected chi connectivity index (χ3v) is 3.15. The summed E-state index contributed by atoms with van der Waals surface area (Å²) in [5.74, 6) is -0.165. The predicted molar refractivity (Wildman–Crippen MR) is 75.6 cm³/mol. The summed E-state index contributed by atoms with van der Waals surface area (Å²) >= 11 is 0. The molecule has 2 nitrogen and oxygen atoms in total. The van der Waals surface area contributed by atoms with Crippen LogP contribution in [-0.2, 0) is 0 Å². The van der Waals surface area contributed by atoms with E-state index in [1.807, 2.05) is 31.5 Å². The number of hydrogen-bond acceptors (Lipinski definition) is 2. The number of nitrogens with zero attached hydrogens (tertiary/aromatic N) is 1. The van der Waals surface area contributed by atoms with Gasteiger partial charge in [0.15, 0.2) is 0 Å². The van der Waals surface area contributed by atoms with Crippen LogP contribution in [0.1, 0.15) is 35.2 Å². The number of aryl methyl sites for hydroxylation is 2. The molecule has 1 atom stereocenters. The van der Waals surface area contributed by atoms with Gasteiger partial charge in [-0.25, -0.2) is 4.39 Å². The summed E-state index contributed by atoms with van der Waals surface area (Å²) in [6, 6.07) is 7.41. The first-order chi connectivity index (χ1) is 9.11. The molecule has 0 spiro atoms. The van der Waals surface area contributed by atoms with E-state index in [0.29, 0.717) is 5.56 Å². The van der Waals surface area contributed by atoms with Crippen molar-refractivity contribution in [2.75, 3.05) is 6.54 Å². The number of hydrogen-bond donors (Lipinski definition) is 1. The number of benzene rings is 1. The SMILES string of the molecule is CCNC(c1cncc(C)c1)c1ccc(F)c(C)c1. The lowest BCUT2D eigenvalue weighted by Gasteiger charge is -2.19. The third kappa shape index (κ3) is 3.18. The van der Waals surface area contributed by atoms with E-state index in [9.17, 15) is 4.39 Å². The van der Waals surface area contributed by atoms with Gasteiger partial charge >= 0.3 is 0 Å². The minimum atomic E-state index is -0.165. The van der Waals surface area contributed by atoms with Gasteiger partial charge in [0.2, 0.25) is 0 Å². The van der Waals surface area contributed by atoms with E-state index in [1.165, 1.54) is 6.07 Å². The third-order valence-electron chi connectivity index (χ3n) is 3.15. The zero-order valence-corrected chi connectivity index (χ0v) is 11.6. The largest absolute Gasteiger partial charge is 0.306 e. The van der Waals surface area contributed by atoms with Gasteiger partial charge in [-0.1, -0.05) is 25.1 Å². The highest BCUT2D eigenvalue weighted by atomic mass is 19.1. The lowest BCUT2D eigenvalue weighted by atomic mass is 9.97. The second-order valence-corrected chi connectivity index (χ2v) is 4.79. The van der Waals surface area contributed by atoms with Crippen LogP contribution in [0.25, 0.3) is 0 Å². The Morgan fingerprint density at radius 2 is 1.95 bits per heavy atom. The molecule has 0 fully saturated rings. The van der Waals surface area contributed by atoms with Crippen LogP contribution in [0.15, 0.2) is 36.7 Å². The van der Waals surface area contributed by atoms with Gasteiger partial charge < -0.3 is 5.32 Å². The molecule has 0 radical (unpaired) electrons. The normalized spacial score (nSPS) is 12.4. The van der Waals surface area contributed by atoms with Crippen LogP contribution in [0.2, 0.25) is 0 Å². The number of nitrogens with one attached hydrogen (secondary N) is 1. The highest BCUT2D eigenvalue weighted by Gasteiger charge is 2.14. The van der Waals surface area contributed by atoms with Crippen molar-refractivity contribution in [2.45, 2.75) is 26.8 Å². The zero-order valence-electron chi connectivity index (χ0n) is 11.6. The van der Waals surface area contributed by atoms with Gasteiger partial charge in [-0.2, -0.15) is 0 Å². The molecule has 1 aromatic heterocycles. The van der Waals surface area contributed by atoms with Gasteiger partial charge in [-0.3, -0.25) is 4.98 Å². The topological polar surface area (TPSA) is 24.9 Å². The molecular weight excluding hydrogens is 239 g/mol. The summed E-state index contributed by atoms with van der Waals surface area (Å²) in [7, 11) is 0. The highest BCUT2D eigenvalue weighted by Crippen LogP contribution is 2.23. The Balaban J connectivity index is 2.42. The van der Waals surface area contributed by atoms with Crippen molar-refractivity contribution in [1.82, 2.24) is 10.3 Å². The molecule has 0 aliphatic carbocycles. The van der Waals surface area contributed by atoms with Crippen molar-refractivity contribution in [3.05, 3.63) is 64.7 Å². The van der Waals surface area contributed by atoms with Crippen LogP contribution in [-0.4, -0.2) is 11.5 Å². The molecule has 2 rings (SSSR count). The summed E-state index contributed by atoms with van der Waals surface area (Å²) in [5, 5.41) is 3.43. The summed E-state index contributed by atoms with van der Waals surface area (Å²) in [5.41, 5.74) is 3.96. The van der Waals surface area contributed by atoms with E-state index < -0.39 is 0 Å². The molecule has 1 N–H and O–H groups in total. The zero-order chi connectivity index (χ0) is 13.8. The minimum absolute atomic E-state index is 0.0525. The van der Waals surface area contributed by atoms with E-state index in [0.717, 1.165) is 23.2 Å². The lowest BCUT2D eigenvalue weighted by Crippen LogP contribution is -2.22. The molecule has 1 heterocycles. The number of aromatic nitrogens is 1. The molecule has 1 aromatic carbocycles. The second kappa shape index (κ2) is 5.93. The maximum atomic E-state index is 13.4. The first-order valence-electron chi connectivity index (χ1n) is 6.52. The second-order valence-electron chi connectivity index (χ2n) is 4.79. The van der Waals surface area contributed by atoms with Gasteiger partial charge in [0, 0.05) is 12.4 Å². The molecule has 0 aliphatic heterocycles. The first-order valence-corrected chi connectivity index (χ1v) is 6.52. The van der Waals surface area contributed by atoms with Crippen molar-refractivity contribution >= 4 is 0 Å². The molecule has 19 heavy (non-hydrogen) atoms. The predicted octanol–water partition coefficient (Wildman–Crippen LogP) is 3.54. The Hall–Kier alpha value is -1.74. The molecule has 0 bridgehead atoms. The smallest absolute Gasteiger partial charge is 0.126 e. The first kappa shape index (κ1) is 13.7. The van der Waals surface area contributed by atoms with Crippen molar-refractivity contribution in [1.29, 1.82) is 0 Å². The van der Waals surface area contributed by atoms with Crippen LogP contribution in [0.3, 0.4) is 0 Å². The standard InChI is InChI=1S/C16H19FN2/c1-4-19-16(14-7-11(2)9-18-10-14)13-5-6-15(17)12(3)8-13/h5-10,16,19H,4H2,1-3H3. The summed E-state index contributed by atoms with van der Waals surface area (Å²) in [4.78, 5) is 4.24. The van der Waals surface area contributed by atoms with E-state index in [2.05, 4.69) is 23.3 Å². The molecule has 0 saturated heterocycles. The van der Waals surface area contributed by atoms with Gasteiger partial charge in [-0.05, 0) is 48.7 Å². The molecule has 100 valence electrons. The van der Waals surface area contributed by atoms with Gasteiger partial charge in [0.05, 0.1) is 6.04 Å². The molecular formula is C16H19FN2. The van der Waals surface area contributed by atoms with E-state index in [4.69, 9.17) is 0 Å². The molecule has 0 saturated carbocycles. The summed E-state index contributed by atoms with van der Waals surface area (Å²) in [6.45, 7) is 6.72. The van der Waals surface area contributed by atoms with E-state index >= 15 is 0 Å². The molecule has 0 amide bonds. The molecule has 0 aliphatic rings. The molecule has 2 aromatic rings. The fourth-order valence-electron chi connectivity index (χ4n) is 2.22. The lowest BCUT2D eigenvalue weighted by molar-refractivity contribution is 0.605. The van der Waals surface area contributed by atoms with E-state index in [-0.39, 0.29) is 11.9 Å². The number of rotatable bonds is 4. The maximum absolute atomic E-state index is 13.4. The van der Waals surface area contributed by atoms with Crippen molar-refractivity contribution in [2.24, 2.45) is 0 Å². The van der Waals surface area contributed by atoms with Gasteiger partial charge in [0.1, 0.15) is 5.82 Å². The van der Waals surface area contributed by atoms with Crippen LogP contribution in [0, 0.1) is 19.7 Å². The van der Waals surface area contributed by atoms with Gasteiger partial charge in [-0.15, -0.1) is 0 Å². The highest BCUT2D eigenvalue weighted by molar-refractivity contribution is 5.34. The Bertz CT molecular complexity index is 566. The number of pyridine rings is 1. The fourth-order valence-corrected chi connectivity index (χ4v) is 2.22.